The van der Waals surface area contributed by atoms with Crippen LogP contribution in [0.25, 0.3) is 11.0 Å². The minimum absolute atomic E-state index is 0.0305. The Bertz CT molecular complexity index is 1160. The van der Waals surface area contributed by atoms with Gasteiger partial charge < -0.3 is 9.73 Å². The maximum Gasteiger partial charge on any atom is 0.336 e. The Morgan fingerprint density at radius 3 is 2.44 bits per heavy atom. The van der Waals surface area contributed by atoms with Crippen molar-refractivity contribution >= 4 is 26.5 Å². The first-order chi connectivity index (χ1) is 12.9. The summed E-state index contributed by atoms with van der Waals surface area (Å²) >= 11 is 0. The number of nitrogens with one attached hydrogen (secondary N) is 1. The van der Waals surface area contributed by atoms with E-state index in [0.29, 0.717) is 12.1 Å². The van der Waals surface area contributed by atoms with E-state index in [1.807, 2.05) is 18.2 Å². The molecule has 1 aromatic heterocycles. The summed E-state index contributed by atoms with van der Waals surface area (Å²) in [5.74, 6) is 0.0305. The molecule has 0 spiro atoms. The second-order valence-corrected chi connectivity index (χ2v) is 9.32. The van der Waals surface area contributed by atoms with Crippen molar-refractivity contribution in [2.75, 3.05) is 11.6 Å². The monoisotopic (exact) mass is 383 g/mol. The standard InChI is InChI=1S/C21H21NO4S/c1-27(24,25)13-14-5-7-18(8-6-14)22-12-17-11-21(23)26-20-10-16-4-2-3-15(16)9-19(17)20/h5-11,22H,2-4,12-13H2,1H3. The van der Waals surface area contributed by atoms with Crippen molar-refractivity contribution < 1.29 is 12.8 Å². The first-order valence-corrected chi connectivity index (χ1v) is 11.0. The molecule has 0 fully saturated rings. The van der Waals surface area contributed by atoms with E-state index in [1.165, 1.54) is 23.4 Å². The molecule has 0 amide bonds. The SMILES string of the molecule is CS(=O)(=O)Cc1ccc(NCc2cc(=O)oc3cc4c(cc23)CCC4)cc1. The van der Waals surface area contributed by atoms with Crippen molar-refractivity contribution in [1.29, 1.82) is 0 Å². The van der Waals surface area contributed by atoms with Gasteiger partial charge in [-0.15, -0.1) is 0 Å². The summed E-state index contributed by atoms with van der Waals surface area (Å²) in [5.41, 5.74) is 5.43. The van der Waals surface area contributed by atoms with Gasteiger partial charge in [0.2, 0.25) is 0 Å². The van der Waals surface area contributed by atoms with Gasteiger partial charge in [-0.1, -0.05) is 12.1 Å². The predicted molar refractivity (Wildman–Crippen MR) is 107 cm³/mol. The molecule has 0 aliphatic heterocycles. The molecule has 0 bridgehead atoms. The Kier molecular flexibility index (Phi) is 4.52. The molecule has 1 aliphatic carbocycles. The third kappa shape index (κ3) is 4.06. The zero-order valence-electron chi connectivity index (χ0n) is 15.1. The molecule has 2 aromatic carbocycles. The molecule has 140 valence electrons. The van der Waals surface area contributed by atoms with Crippen LogP contribution in [-0.2, 0) is 35.0 Å². The molecule has 0 radical (unpaired) electrons. The van der Waals surface area contributed by atoms with Crippen LogP contribution in [0.2, 0.25) is 0 Å². The molecule has 0 saturated carbocycles. The van der Waals surface area contributed by atoms with Crippen LogP contribution >= 0.6 is 0 Å². The van der Waals surface area contributed by atoms with E-state index in [0.717, 1.165) is 41.5 Å². The second-order valence-electron chi connectivity index (χ2n) is 7.18. The van der Waals surface area contributed by atoms with Crippen LogP contribution in [0.3, 0.4) is 0 Å². The zero-order valence-corrected chi connectivity index (χ0v) is 15.9. The van der Waals surface area contributed by atoms with Crippen molar-refractivity contribution in [2.24, 2.45) is 0 Å². The summed E-state index contributed by atoms with van der Waals surface area (Å²) in [7, 11) is -3.05. The number of rotatable bonds is 5. The average Bonchev–Trinajstić information content (AvgIpc) is 3.05. The molecule has 6 heteroatoms. The van der Waals surface area contributed by atoms with E-state index in [4.69, 9.17) is 4.42 Å². The fourth-order valence-corrected chi connectivity index (χ4v) is 4.46. The Morgan fingerprint density at radius 2 is 1.74 bits per heavy atom. The van der Waals surface area contributed by atoms with Gasteiger partial charge >= 0.3 is 5.63 Å². The Balaban J connectivity index is 1.58. The van der Waals surface area contributed by atoms with Crippen molar-refractivity contribution in [3.63, 3.8) is 0 Å². The smallest absolute Gasteiger partial charge is 0.336 e. The Morgan fingerprint density at radius 1 is 1.04 bits per heavy atom. The molecule has 27 heavy (non-hydrogen) atoms. The van der Waals surface area contributed by atoms with Gasteiger partial charge in [0.25, 0.3) is 0 Å². The number of anilines is 1. The van der Waals surface area contributed by atoms with Gasteiger partial charge in [-0.25, -0.2) is 13.2 Å². The molecule has 1 aliphatic rings. The van der Waals surface area contributed by atoms with Gasteiger partial charge in [0.1, 0.15) is 5.58 Å². The van der Waals surface area contributed by atoms with Gasteiger partial charge in [0, 0.05) is 29.9 Å². The topological polar surface area (TPSA) is 76.4 Å². The fraction of sp³-hybridized carbons (Fsp3) is 0.286. The summed E-state index contributed by atoms with van der Waals surface area (Å²) in [6, 6.07) is 13.0. The molecule has 1 heterocycles. The number of benzene rings is 2. The summed E-state index contributed by atoms with van der Waals surface area (Å²) in [6.45, 7) is 0.492. The second kappa shape index (κ2) is 6.85. The van der Waals surface area contributed by atoms with Crippen molar-refractivity contribution in [3.8, 4) is 0 Å². The summed E-state index contributed by atoms with van der Waals surface area (Å²) in [5, 5.41) is 4.28. The van der Waals surface area contributed by atoms with Gasteiger partial charge in [-0.2, -0.15) is 0 Å². The highest BCUT2D eigenvalue weighted by atomic mass is 32.2. The van der Waals surface area contributed by atoms with E-state index >= 15 is 0 Å². The van der Waals surface area contributed by atoms with Gasteiger partial charge in [0.15, 0.2) is 9.84 Å². The average molecular weight is 383 g/mol. The lowest BCUT2D eigenvalue weighted by Gasteiger charge is -2.11. The van der Waals surface area contributed by atoms with Crippen molar-refractivity contribution in [2.45, 2.75) is 31.6 Å². The minimum Gasteiger partial charge on any atom is -0.423 e. The van der Waals surface area contributed by atoms with E-state index < -0.39 is 9.84 Å². The lowest BCUT2D eigenvalue weighted by Crippen LogP contribution is -2.06. The normalized spacial score (nSPS) is 13.7. The molecule has 0 atom stereocenters. The van der Waals surface area contributed by atoms with E-state index in [9.17, 15) is 13.2 Å². The van der Waals surface area contributed by atoms with Crippen LogP contribution in [0.5, 0.6) is 0 Å². The molecule has 4 rings (SSSR count). The molecule has 5 nitrogen and oxygen atoms in total. The lowest BCUT2D eigenvalue weighted by atomic mass is 10.0. The van der Waals surface area contributed by atoms with Crippen LogP contribution in [0, 0.1) is 0 Å². The highest BCUT2D eigenvalue weighted by molar-refractivity contribution is 7.89. The number of aryl methyl sites for hydroxylation is 2. The minimum atomic E-state index is -3.05. The van der Waals surface area contributed by atoms with E-state index in [2.05, 4.69) is 11.4 Å². The van der Waals surface area contributed by atoms with Crippen LogP contribution in [0.4, 0.5) is 5.69 Å². The first-order valence-electron chi connectivity index (χ1n) is 8.96. The molecule has 3 aromatic rings. The van der Waals surface area contributed by atoms with Crippen LogP contribution in [0.1, 0.15) is 28.7 Å². The predicted octanol–water partition coefficient (Wildman–Crippen LogP) is 3.44. The lowest BCUT2D eigenvalue weighted by molar-refractivity contribution is 0.559. The quantitative estimate of drug-likeness (QED) is 0.683. The van der Waals surface area contributed by atoms with Crippen molar-refractivity contribution in [1.82, 2.24) is 0 Å². The molecule has 0 saturated heterocycles. The van der Waals surface area contributed by atoms with Crippen LogP contribution < -0.4 is 10.9 Å². The zero-order chi connectivity index (χ0) is 19.0. The van der Waals surface area contributed by atoms with Gasteiger partial charge in [-0.05, 0) is 65.8 Å². The molecular formula is C21H21NO4S. The molecule has 1 N–H and O–H groups in total. The largest absolute Gasteiger partial charge is 0.423 e. The maximum atomic E-state index is 11.9. The van der Waals surface area contributed by atoms with Gasteiger partial charge in [0.05, 0.1) is 5.75 Å². The third-order valence-corrected chi connectivity index (χ3v) is 5.77. The summed E-state index contributed by atoms with van der Waals surface area (Å²) in [6.07, 6.45) is 4.47. The highest BCUT2D eigenvalue weighted by Gasteiger charge is 2.15. The molecule has 0 unspecified atom stereocenters. The Hall–Kier alpha value is -2.60. The van der Waals surface area contributed by atoms with Crippen LogP contribution in [-0.4, -0.2) is 14.7 Å². The summed E-state index contributed by atoms with van der Waals surface area (Å²) < 4.78 is 28.2. The molecular weight excluding hydrogens is 362 g/mol. The third-order valence-electron chi connectivity index (χ3n) is 4.91. The fourth-order valence-electron chi connectivity index (χ4n) is 3.66. The van der Waals surface area contributed by atoms with E-state index in [-0.39, 0.29) is 11.4 Å². The van der Waals surface area contributed by atoms with Crippen molar-refractivity contribution in [3.05, 3.63) is 75.1 Å². The maximum absolute atomic E-state index is 11.9. The Labute approximate surface area is 157 Å². The number of hydrogen-bond acceptors (Lipinski definition) is 5. The number of sulfone groups is 1. The highest BCUT2D eigenvalue weighted by Crippen LogP contribution is 2.28. The van der Waals surface area contributed by atoms with E-state index in [1.54, 1.807) is 12.1 Å². The first kappa shape index (κ1) is 17.8. The number of fused-ring (bicyclic) bond motifs is 2. The van der Waals surface area contributed by atoms with Gasteiger partial charge in [-0.3, -0.25) is 0 Å². The number of hydrogen-bond donors (Lipinski definition) is 1. The van der Waals surface area contributed by atoms with Crippen LogP contribution in [0.15, 0.2) is 51.7 Å². The summed E-state index contributed by atoms with van der Waals surface area (Å²) in [4.78, 5) is 11.9.